The topological polar surface area (TPSA) is 99.7 Å². The molecule has 2 aromatic carbocycles. The van der Waals surface area contributed by atoms with E-state index in [2.05, 4.69) is 20.7 Å². The third kappa shape index (κ3) is 6.63. The number of carbonyl (C=O) groups excluding carboxylic acids is 2. The minimum Gasteiger partial charge on any atom is -0.406 e. The smallest absolute Gasteiger partial charge is 0.406 e. The molecule has 0 spiro atoms. The van der Waals surface area contributed by atoms with Gasteiger partial charge in [0.25, 0.3) is 5.91 Å². The summed E-state index contributed by atoms with van der Waals surface area (Å²) < 4.78 is 41.1. The Hall–Kier alpha value is -2.98. The Morgan fingerprint density at radius 1 is 1.11 bits per heavy atom. The molecule has 0 heterocycles. The maximum absolute atomic E-state index is 12.4. The van der Waals surface area contributed by atoms with Crippen molar-refractivity contribution in [1.82, 2.24) is 5.32 Å². The van der Waals surface area contributed by atoms with Crippen molar-refractivity contribution in [3.63, 3.8) is 0 Å². The van der Waals surface area contributed by atoms with Crippen LogP contribution in [0.2, 0.25) is 5.02 Å². The van der Waals surface area contributed by atoms with Crippen molar-refractivity contribution in [2.45, 2.75) is 6.36 Å². The van der Waals surface area contributed by atoms with Gasteiger partial charge in [0.2, 0.25) is 0 Å². The van der Waals surface area contributed by atoms with E-state index >= 15 is 0 Å². The Labute approximate surface area is 162 Å². The molecular weight excluding hydrogens is 403 g/mol. The van der Waals surface area contributed by atoms with Gasteiger partial charge in [-0.1, -0.05) is 17.7 Å². The van der Waals surface area contributed by atoms with Gasteiger partial charge in [-0.05, 0) is 30.3 Å². The minimum absolute atomic E-state index is 0.0756. The lowest BCUT2D eigenvalue weighted by molar-refractivity contribution is -0.274. The number of anilines is 2. The zero-order valence-electron chi connectivity index (χ0n) is 14.1. The number of urea groups is 1. The van der Waals surface area contributed by atoms with Gasteiger partial charge in [-0.2, -0.15) is 0 Å². The molecular formula is C17H15ClF3N3O4. The Morgan fingerprint density at radius 2 is 1.86 bits per heavy atom. The van der Waals surface area contributed by atoms with E-state index in [1.807, 2.05) is 0 Å². The van der Waals surface area contributed by atoms with Crippen LogP contribution in [0.1, 0.15) is 10.4 Å². The molecule has 3 amide bonds. The number of hydrogen-bond acceptors (Lipinski definition) is 4. The van der Waals surface area contributed by atoms with Crippen molar-refractivity contribution in [3.05, 3.63) is 53.1 Å². The van der Waals surface area contributed by atoms with Crippen LogP contribution in [-0.2, 0) is 0 Å². The van der Waals surface area contributed by atoms with Crippen LogP contribution in [0, 0.1) is 0 Å². The maximum atomic E-state index is 12.4. The third-order valence-corrected chi connectivity index (χ3v) is 3.43. The van der Waals surface area contributed by atoms with E-state index in [1.165, 1.54) is 6.07 Å². The molecule has 0 radical (unpaired) electrons. The van der Waals surface area contributed by atoms with Gasteiger partial charge < -0.3 is 25.8 Å². The first-order valence-electron chi connectivity index (χ1n) is 7.80. The zero-order valence-corrected chi connectivity index (χ0v) is 14.9. The first-order valence-corrected chi connectivity index (χ1v) is 8.18. The second kappa shape index (κ2) is 9.29. The maximum Gasteiger partial charge on any atom is 0.573 e. The highest BCUT2D eigenvalue weighted by Gasteiger charge is 2.31. The molecule has 0 aliphatic carbocycles. The van der Waals surface area contributed by atoms with Crippen molar-refractivity contribution in [1.29, 1.82) is 0 Å². The van der Waals surface area contributed by atoms with Crippen LogP contribution in [0.15, 0.2) is 42.5 Å². The summed E-state index contributed by atoms with van der Waals surface area (Å²) in [5.74, 6) is -1.32. The molecule has 28 heavy (non-hydrogen) atoms. The first-order chi connectivity index (χ1) is 13.2. The molecule has 0 saturated heterocycles. The predicted molar refractivity (Wildman–Crippen MR) is 96.6 cm³/mol. The van der Waals surface area contributed by atoms with Crippen LogP contribution in [0.25, 0.3) is 0 Å². The van der Waals surface area contributed by atoms with Gasteiger partial charge in [0.1, 0.15) is 5.75 Å². The number of alkyl halides is 3. The van der Waals surface area contributed by atoms with Crippen LogP contribution in [0.3, 0.4) is 0 Å². The van der Waals surface area contributed by atoms with Crippen molar-refractivity contribution in [2.75, 3.05) is 23.8 Å². The summed E-state index contributed by atoms with van der Waals surface area (Å²) in [6, 6.07) is 8.21. The average Bonchev–Trinajstić information content (AvgIpc) is 2.58. The number of benzene rings is 2. The molecule has 7 nitrogen and oxygen atoms in total. The summed E-state index contributed by atoms with van der Waals surface area (Å²) in [6.07, 6.45) is -4.94. The van der Waals surface area contributed by atoms with Crippen LogP contribution in [0.4, 0.5) is 29.3 Å². The monoisotopic (exact) mass is 417 g/mol. The summed E-state index contributed by atoms with van der Waals surface area (Å²) >= 11 is 5.82. The van der Waals surface area contributed by atoms with Gasteiger partial charge in [0, 0.05) is 23.3 Å². The van der Waals surface area contributed by atoms with Crippen LogP contribution in [-0.4, -0.2) is 36.6 Å². The van der Waals surface area contributed by atoms with Gasteiger partial charge in [0.15, 0.2) is 0 Å². The lowest BCUT2D eigenvalue weighted by Crippen LogP contribution is -2.28. The normalized spacial score (nSPS) is 10.9. The van der Waals surface area contributed by atoms with Crippen LogP contribution in [0.5, 0.6) is 5.75 Å². The molecule has 150 valence electrons. The fourth-order valence-electron chi connectivity index (χ4n) is 2.14. The quantitative estimate of drug-likeness (QED) is 0.577. The van der Waals surface area contributed by atoms with Gasteiger partial charge in [-0.25, -0.2) is 4.79 Å². The number of ether oxygens (including phenoxy) is 1. The summed E-state index contributed by atoms with van der Waals surface area (Å²) in [6.45, 7) is -0.410. The molecule has 0 aliphatic heterocycles. The Morgan fingerprint density at radius 3 is 2.50 bits per heavy atom. The van der Waals surface area contributed by atoms with E-state index in [1.54, 1.807) is 18.2 Å². The number of hydrogen-bond donors (Lipinski definition) is 4. The average molecular weight is 418 g/mol. The second-order valence-electron chi connectivity index (χ2n) is 5.32. The highest BCUT2D eigenvalue weighted by molar-refractivity contribution is 6.30. The molecule has 0 fully saturated rings. The van der Waals surface area contributed by atoms with E-state index in [-0.39, 0.29) is 24.4 Å². The standard InChI is InChI=1S/C17H15ClF3N3O4/c18-10-2-1-3-11(8-10)23-16(27)24-14-9-12(28-17(19,20)21)4-5-13(14)15(26)22-6-7-25/h1-5,8-9,25H,6-7H2,(H,22,26)(H2,23,24,27). The number of aliphatic hydroxyl groups is 1. The molecule has 2 aromatic rings. The summed E-state index contributed by atoms with van der Waals surface area (Å²) in [5, 5.41) is 16.2. The van der Waals surface area contributed by atoms with E-state index in [0.717, 1.165) is 18.2 Å². The molecule has 0 atom stereocenters. The largest absolute Gasteiger partial charge is 0.573 e. The van der Waals surface area contributed by atoms with E-state index in [4.69, 9.17) is 16.7 Å². The number of halogens is 4. The number of rotatable bonds is 6. The predicted octanol–water partition coefficient (Wildman–Crippen LogP) is 3.60. The van der Waals surface area contributed by atoms with Crippen molar-refractivity contribution in [3.8, 4) is 5.75 Å². The van der Waals surface area contributed by atoms with Gasteiger partial charge in [0.05, 0.1) is 17.9 Å². The number of nitrogens with one attached hydrogen (secondary N) is 3. The fraction of sp³-hybridized carbons (Fsp3) is 0.176. The zero-order chi connectivity index (χ0) is 20.7. The molecule has 2 rings (SSSR count). The fourth-order valence-corrected chi connectivity index (χ4v) is 2.33. The SMILES string of the molecule is O=C(Nc1cccc(Cl)c1)Nc1cc(OC(F)(F)F)ccc1C(=O)NCCO. The molecule has 4 N–H and O–H groups in total. The molecule has 0 aliphatic rings. The highest BCUT2D eigenvalue weighted by atomic mass is 35.5. The summed E-state index contributed by atoms with van der Waals surface area (Å²) in [4.78, 5) is 24.3. The summed E-state index contributed by atoms with van der Waals surface area (Å²) in [7, 11) is 0. The Bertz CT molecular complexity index is 862. The number of carbonyl (C=O) groups is 2. The second-order valence-corrected chi connectivity index (χ2v) is 5.76. The minimum atomic E-state index is -4.94. The van der Waals surface area contributed by atoms with Gasteiger partial charge in [-0.15, -0.1) is 13.2 Å². The van der Waals surface area contributed by atoms with Gasteiger partial charge >= 0.3 is 12.4 Å². The van der Waals surface area contributed by atoms with Crippen molar-refractivity contribution < 1.29 is 32.6 Å². The van der Waals surface area contributed by atoms with E-state index in [0.29, 0.717) is 10.7 Å². The molecule has 0 aromatic heterocycles. The van der Waals surface area contributed by atoms with Crippen molar-refractivity contribution >= 4 is 34.9 Å². The molecule has 0 bridgehead atoms. The van der Waals surface area contributed by atoms with Crippen LogP contribution >= 0.6 is 11.6 Å². The lowest BCUT2D eigenvalue weighted by atomic mass is 10.1. The van der Waals surface area contributed by atoms with Crippen molar-refractivity contribution in [2.24, 2.45) is 0 Å². The number of amides is 3. The number of aliphatic hydroxyl groups excluding tert-OH is 1. The van der Waals surface area contributed by atoms with Gasteiger partial charge in [-0.3, -0.25) is 4.79 Å². The highest BCUT2D eigenvalue weighted by Crippen LogP contribution is 2.28. The first kappa shape index (κ1) is 21.3. The van der Waals surface area contributed by atoms with E-state index < -0.39 is 24.1 Å². The van der Waals surface area contributed by atoms with Crippen LogP contribution < -0.4 is 20.7 Å². The Balaban J connectivity index is 2.25. The van der Waals surface area contributed by atoms with E-state index in [9.17, 15) is 22.8 Å². The molecule has 11 heteroatoms. The third-order valence-electron chi connectivity index (χ3n) is 3.20. The summed E-state index contributed by atoms with van der Waals surface area (Å²) in [5.41, 5.74) is -0.0140. The lowest BCUT2D eigenvalue weighted by Gasteiger charge is -2.15. The molecule has 0 saturated carbocycles. The molecule has 0 unspecified atom stereocenters. The Kier molecular flexibility index (Phi) is 7.07.